The normalized spacial score (nSPS) is 10.6. The Kier molecular flexibility index (Phi) is 4.31. The largest absolute Gasteiger partial charge is 0.478 e. The van der Waals surface area contributed by atoms with Crippen molar-refractivity contribution in [2.75, 3.05) is 0 Å². The lowest BCUT2D eigenvalue weighted by Gasteiger charge is -2.11. The highest BCUT2D eigenvalue weighted by molar-refractivity contribution is 6.36. The third kappa shape index (κ3) is 2.94. The van der Waals surface area contributed by atoms with Crippen LogP contribution in [0.1, 0.15) is 27.0 Å². The molecule has 0 heterocycles. The second kappa shape index (κ2) is 5.81. The minimum atomic E-state index is -1.11. The summed E-state index contributed by atoms with van der Waals surface area (Å²) in [4.78, 5) is 11.2. The third-order valence-corrected chi connectivity index (χ3v) is 3.92. The molecule has 0 radical (unpaired) electrons. The number of carbonyl (C=O) groups is 1. The molecule has 104 valence electrons. The number of carboxylic acids is 1. The van der Waals surface area contributed by atoms with Crippen LogP contribution in [-0.2, 0) is 6.42 Å². The Balaban J connectivity index is 2.53. The number of carboxylic acid groups (broad SMARTS) is 1. The van der Waals surface area contributed by atoms with Gasteiger partial charge in [0.15, 0.2) is 0 Å². The predicted molar refractivity (Wildman–Crippen MR) is 77.4 cm³/mol. The molecule has 2 aromatic carbocycles. The number of aromatic carboxylic acids is 1. The summed E-state index contributed by atoms with van der Waals surface area (Å²) in [5.41, 5.74) is 1.81. The van der Waals surface area contributed by atoms with E-state index < -0.39 is 11.8 Å². The molecule has 0 atom stereocenters. The number of benzene rings is 2. The Morgan fingerprint density at radius 1 is 1.25 bits per heavy atom. The number of aryl methyl sites for hydroxylation is 1. The van der Waals surface area contributed by atoms with E-state index in [1.54, 1.807) is 12.1 Å². The van der Waals surface area contributed by atoms with Crippen molar-refractivity contribution in [2.24, 2.45) is 0 Å². The van der Waals surface area contributed by atoms with E-state index in [9.17, 15) is 9.18 Å². The van der Waals surface area contributed by atoms with Gasteiger partial charge in [-0.3, -0.25) is 0 Å². The molecule has 1 N–H and O–H groups in total. The molecule has 5 heteroatoms. The molecule has 0 amide bonds. The van der Waals surface area contributed by atoms with Crippen molar-refractivity contribution >= 4 is 29.2 Å². The lowest BCUT2D eigenvalue weighted by atomic mass is 9.98. The highest BCUT2D eigenvalue weighted by atomic mass is 35.5. The smallest absolute Gasteiger partial charge is 0.335 e. The van der Waals surface area contributed by atoms with Crippen LogP contribution in [0.25, 0.3) is 0 Å². The first-order valence-corrected chi connectivity index (χ1v) is 6.61. The SMILES string of the molecule is Cc1ccc(Cl)c(Cc2cc(F)ccc2C(=O)O)c1Cl. The topological polar surface area (TPSA) is 37.3 Å². The van der Waals surface area contributed by atoms with Gasteiger partial charge in [-0.1, -0.05) is 29.3 Å². The first-order valence-electron chi connectivity index (χ1n) is 5.85. The van der Waals surface area contributed by atoms with Crippen LogP contribution in [0, 0.1) is 12.7 Å². The number of halogens is 3. The van der Waals surface area contributed by atoms with Gasteiger partial charge in [0.2, 0.25) is 0 Å². The molecule has 20 heavy (non-hydrogen) atoms. The second-order valence-corrected chi connectivity index (χ2v) is 5.23. The Hall–Kier alpha value is -1.58. The minimum absolute atomic E-state index is 0.0417. The van der Waals surface area contributed by atoms with Crippen LogP contribution in [0.5, 0.6) is 0 Å². The maximum absolute atomic E-state index is 13.3. The van der Waals surface area contributed by atoms with Gasteiger partial charge in [0, 0.05) is 16.5 Å². The molecule has 0 aliphatic carbocycles. The maximum atomic E-state index is 13.3. The molecule has 0 aliphatic heterocycles. The highest BCUT2D eigenvalue weighted by Gasteiger charge is 2.15. The first-order chi connectivity index (χ1) is 9.40. The summed E-state index contributed by atoms with van der Waals surface area (Å²) in [6.45, 7) is 1.83. The van der Waals surface area contributed by atoms with E-state index in [4.69, 9.17) is 28.3 Å². The van der Waals surface area contributed by atoms with Crippen LogP contribution >= 0.6 is 23.2 Å². The molecular weight excluding hydrogens is 302 g/mol. The standard InChI is InChI=1S/C15H11Cl2FO2/c1-8-2-5-13(16)12(14(8)17)7-9-6-10(18)3-4-11(9)15(19)20/h2-6H,7H2,1H3,(H,19,20). The average molecular weight is 313 g/mol. The van der Waals surface area contributed by atoms with Crippen molar-refractivity contribution in [2.45, 2.75) is 13.3 Å². The summed E-state index contributed by atoms with van der Waals surface area (Å²) < 4.78 is 13.3. The predicted octanol–water partition coefficient (Wildman–Crippen LogP) is 4.73. The Bertz CT molecular complexity index is 684. The number of hydrogen-bond donors (Lipinski definition) is 1. The van der Waals surface area contributed by atoms with Crippen molar-refractivity contribution in [1.82, 2.24) is 0 Å². The molecule has 2 rings (SSSR count). The van der Waals surface area contributed by atoms with E-state index in [-0.39, 0.29) is 12.0 Å². The first kappa shape index (κ1) is 14.8. The third-order valence-electron chi connectivity index (χ3n) is 3.04. The van der Waals surface area contributed by atoms with Crippen molar-refractivity contribution in [1.29, 1.82) is 0 Å². The molecule has 2 nitrogen and oxygen atoms in total. The van der Waals surface area contributed by atoms with Gasteiger partial charge in [0.05, 0.1) is 5.56 Å². The van der Waals surface area contributed by atoms with Crippen LogP contribution < -0.4 is 0 Å². The van der Waals surface area contributed by atoms with Crippen molar-refractivity contribution in [3.8, 4) is 0 Å². The molecule has 0 saturated carbocycles. The lowest BCUT2D eigenvalue weighted by Crippen LogP contribution is -2.04. The summed E-state index contributed by atoms with van der Waals surface area (Å²) >= 11 is 12.3. The molecule has 2 aromatic rings. The Labute approximate surface area is 125 Å². The van der Waals surface area contributed by atoms with Crippen LogP contribution in [0.4, 0.5) is 4.39 Å². The summed E-state index contributed by atoms with van der Waals surface area (Å²) in [5.74, 6) is -1.61. The summed E-state index contributed by atoms with van der Waals surface area (Å²) in [7, 11) is 0. The van der Waals surface area contributed by atoms with Gasteiger partial charge in [-0.2, -0.15) is 0 Å². The molecule has 0 spiro atoms. The fourth-order valence-corrected chi connectivity index (χ4v) is 2.49. The van der Waals surface area contributed by atoms with E-state index in [1.807, 2.05) is 6.92 Å². The molecular formula is C15H11Cl2FO2. The van der Waals surface area contributed by atoms with Gasteiger partial charge in [-0.25, -0.2) is 9.18 Å². The van der Waals surface area contributed by atoms with Gasteiger partial charge in [-0.05, 0) is 47.9 Å². The zero-order valence-corrected chi connectivity index (χ0v) is 12.1. The summed E-state index contributed by atoms with van der Waals surface area (Å²) in [5, 5.41) is 10.0. The number of rotatable bonds is 3. The van der Waals surface area contributed by atoms with E-state index in [1.165, 1.54) is 12.1 Å². The zero-order chi connectivity index (χ0) is 14.9. The fourth-order valence-electron chi connectivity index (χ4n) is 1.98. The molecule has 0 unspecified atom stereocenters. The van der Waals surface area contributed by atoms with Gasteiger partial charge >= 0.3 is 5.97 Å². The van der Waals surface area contributed by atoms with Crippen molar-refractivity contribution in [3.05, 3.63) is 68.4 Å². The number of hydrogen-bond acceptors (Lipinski definition) is 1. The Morgan fingerprint density at radius 2 is 1.95 bits per heavy atom. The second-order valence-electron chi connectivity index (χ2n) is 4.44. The minimum Gasteiger partial charge on any atom is -0.478 e. The quantitative estimate of drug-likeness (QED) is 0.889. The van der Waals surface area contributed by atoms with Crippen LogP contribution in [0.3, 0.4) is 0 Å². The van der Waals surface area contributed by atoms with E-state index in [2.05, 4.69) is 0 Å². The van der Waals surface area contributed by atoms with E-state index >= 15 is 0 Å². The molecule has 0 bridgehead atoms. The monoisotopic (exact) mass is 312 g/mol. The van der Waals surface area contributed by atoms with Crippen molar-refractivity contribution in [3.63, 3.8) is 0 Å². The lowest BCUT2D eigenvalue weighted by molar-refractivity contribution is 0.0696. The highest BCUT2D eigenvalue weighted by Crippen LogP contribution is 2.30. The zero-order valence-electron chi connectivity index (χ0n) is 10.6. The van der Waals surface area contributed by atoms with Gasteiger partial charge in [-0.15, -0.1) is 0 Å². The Morgan fingerprint density at radius 3 is 2.60 bits per heavy atom. The maximum Gasteiger partial charge on any atom is 0.335 e. The average Bonchev–Trinajstić information content (AvgIpc) is 2.39. The van der Waals surface area contributed by atoms with Crippen molar-refractivity contribution < 1.29 is 14.3 Å². The van der Waals surface area contributed by atoms with Gasteiger partial charge < -0.3 is 5.11 Å². The van der Waals surface area contributed by atoms with Crippen LogP contribution in [-0.4, -0.2) is 11.1 Å². The van der Waals surface area contributed by atoms with Crippen LogP contribution in [0.2, 0.25) is 10.0 Å². The molecule has 0 aromatic heterocycles. The van der Waals surface area contributed by atoms with Gasteiger partial charge in [0.25, 0.3) is 0 Å². The molecule has 0 aliphatic rings. The molecule has 0 saturated heterocycles. The fraction of sp³-hybridized carbons (Fsp3) is 0.133. The summed E-state index contributed by atoms with van der Waals surface area (Å²) in [6, 6.07) is 7.02. The van der Waals surface area contributed by atoms with Crippen LogP contribution in [0.15, 0.2) is 30.3 Å². The van der Waals surface area contributed by atoms with E-state index in [0.717, 1.165) is 11.6 Å². The summed E-state index contributed by atoms with van der Waals surface area (Å²) in [6.07, 6.45) is 0.165. The molecule has 0 fully saturated rings. The van der Waals surface area contributed by atoms with Gasteiger partial charge in [0.1, 0.15) is 5.82 Å². The van der Waals surface area contributed by atoms with E-state index in [0.29, 0.717) is 21.2 Å².